The van der Waals surface area contributed by atoms with Crippen LogP contribution in [0, 0.1) is 16.0 Å². The summed E-state index contributed by atoms with van der Waals surface area (Å²) in [4.78, 5) is 21.6. The van der Waals surface area contributed by atoms with Gasteiger partial charge >= 0.3 is 5.97 Å². The van der Waals surface area contributed by atoms with Gasteiger partial charge in [0.15, 0.2) is 0 Å². The number of carbonyl (C=O) groups is 1. The van der Waals surface area contributed by atoms with Gasteiger partial charge in [-0.05, 0) is 24.2 Å². The number of benzene rings is 1. The topological polar surface area (TPSA) is 80.4 Å². The van der Waals surface area contributed by atoms with E-state index in [4.69, 9.17) is 5.11 Å². The first kappa shape index (κ1) is 14.5. The number of hydrogen-bond donors (Lipinski definition) is 1. The van der Waals surface area contributed by atoms with E-state index in [9.17, 15) is 14.9 Å². The molecule has 5 nitrogen and oxygen atoms in total. The second-order valence-corrected chi connectivity index (χ2v) is 5.41. The van der Waals surface area contributed by atoms with E-state index in [1.54, 1.807) is 0 Å². The minimum Gasteiger partial charge on any atom is -0.478 e. The summed E-state index contributed by atoms with van der Waals surface area (Å²) in [5.41, 5.74) is -0.196. The molecule has 1 N–H and O–H groups in total. The lowest BCUT2D eigenvalue weighted by Gasteiger charge is -2.07. The van der Waals surface area contributed by atoms with Crippen LogP contribution in [-0.4, -0.2) is 21.8 Å². The average Bonchev–Trinajstić information content (AvgIpc) is 2.28. The Hall–Kier alpha value is -1.56. The van der Waals surface area contributed by atoms with Crippen molar-refractivity contribution in [3.63, 3.8) is 0 Å². The number of carboxylic acid groups (broad SMARTS) is 1. The number of aromatic carboxylic acids is 1. The third kappa shape index (κ3) is 4.03. The van der Waals surface area contributed by atoms with Crippen molar-refractivity contribution >= 4 is 23.4 Å². The molecule has 0 amide bonds. The van der Waals surface area contributed by atoms with Crippen molar-refractivity contribution in [2.24, 2.45) is 5.92 Å². The fourth-order valence-corrected chi connectivity index (χ4v) is 2.60. The molecule has 0 heterocycles. The van der Waals surface area contributed by atoms with Gasteiger partial charge in [-0.1, -0.05) is 13.8 Å². The van der Waals surface area contributed by atoms with E-state index in [1.807, 2.05) is 0 Å². The molecule has 0 unspecified atom stereocenters. The molecule has 0 spiro atoms. The molecule has 0 aliphatic heterocycles. The molecule has 98 valence electrons. The van der Waals surface area contributed by atoms with Gasteiger partial charge in [0.1, 0.15) is 0 Å². The zero-order valence-corrected chi connectivity index (χ0v) is 11.1. The van der Waals surface area contributed by atoms with Gasteiger partial charge in [-0.15, -0.1) is 11.8 Å². The monoisotopic (exact) mass is 269 g/mol. The summed E-state index contributed by atoms with van der Waals surface area (Å²) in [7, 11) is 0. The molecule has 0 aromatic heterocycles. The van der Waals surface area contributed by atoms with Gasteiger partial charge in [0.25, 0.3) is 5.69 Å². The first-order chi connectivity index (χ1) is 8.41. The molecule has 0 atom stereocenters. The van der Waals surface area contributed by atoms with Crippen LogP contribution >= 0.6 is 11.8 Å². The van der Waals surface area contributed by atoms with Crippen LogP contribution in [0.4, 0.5) is 5.69 Å². The molecule has 6 heteroatoms. The molecule has 1 aromatic rings. The highest BCUT2D eigenvalue weighted by molar-refractivity contribution is 7.99. The van der Waals surface area contributed by atoms with Gasteiger partial charge in [-0.2, -0.15) is 0 Å². The van der Waals surface area contributed by atoms with Gasteiger partial charge in [0.05, 0.1) is 10.5 Å². The summed E-state index contributed by atoms with van der Waals surface area (Å²) in [6.07, 6.45) is 0.973. The normalized spacial score (nSPS) is 10.6. The molecule has 0 bridgehead atoms. The molecule has 1 rings (SSSR count). The maximum Gasteiger partial charge on any atom is 0.337 e. The summed E-state index contributed by atoms with van der Waals surface area (Å²) in [6.45, 7) is 4.18. The molecule has 0 radical (unpaired) electrons. The van der Waals surface area contributed by atoms with Crippen LogP contribution in [0.25, 0.3) is 0 Å². The van der Waals surface area contributed by atoms with Crippen molar-refractivity contribution in [2.75, 3.05) is 5.75 Å². The number of thioether (sulfide) groups is 1. The van der Waals surface area contributed by atoms with Gasteiger partial charge in [-0.3, -0.25) is 10.1 Å². The smallest absolute Gasteiger partial charge is 0.337 e. The summed E-state index contributed by atoms with van der Waals surface area (Å²) in [6, 6.07) is 3.96. The minimum absolute atomic E-state index is 0.00189. The largest absolute Gasteiger partial charge is 0.478 e. The minimum atomic E-state index is -1.13. The first-order valence-corrected chi connectivity index (χ1v) is 6.55. The van der Waals surface area contributed by atoms with Crippen LogP contribution in [0.1, 0.15) is 30.6 Å². The van der Waals surface area contributed by atoms with Crippen molar-refractivity contribution in [1.29, 1.82) is 0 Å². The van der Waals surface area contributed by atoms with Crippen LogP contribution in [0.2, 0.25) is 0 Å². The molecule has 0 aliphatic rings. The van der Waals surface area contributed by atoms with Crippen LogP contribution < -0.4 is 0 Å². The van der Waals surface area contributed by atoms with Crippen molar-refractivity contribution in [2.45, 2.75) is 25.2 Å². The maximum atomic E-state index is 11.1. The second-order valence-electron chi connectivity index (χ2n) is 4.27. The molecule has 1 aromatic carbocycles. The first-order valence-electron chi connectivity index (χ1n) is 5.56. The van der Waals surface area contributed by atoms with E-state index in [0.717, 1.165) is 18.2 Å². The highest BCUT2D eigenvalue weighted by Crippen LogP contribution is 2.28. The summed E-state index contributed by atoms with van der Waals surface area (Å²) >= 11 is 1.42. The second kappa shape index (κ2) is 6.39. The average molecular weight is 269 g/mol. The number of carboxylic acids is 1. The predicted octanol–water partition coefficient (Wildman–Crippen LogP) is 3.43. The maximum absolute atomic E-state index is 11.1. The molecular weight excluding hydrogens is 254 g/mol. The summed E-state index contributed by atoms with van der Waals surface area (Å²) in [5, 5.41) is 19.6. The molecule has 18 heavy (non-hydrogen) atoms. The van der Waals surface area contributed by atoms with Gasteiger partial charge < -0.3 is 5.11 Å². The van der Waals surface area contributed by atoms with E-state index in [2.05, 4.69) is 13.8 Å². The van der Waals surface area contributed by atoms with E-state index < -0.39 is 10.9 Å². The zero-order valence-electron chi connectivity index (χ0n) is 10.3. The number of nitro benzene ring substituents is 1. The Morgan fingerprint density at radius 1 is 1.50 bits per heavy atom. The highest BCUT2D eigenvalue weighted by Gasteiger charge is 2.16. The Bertz CT molecular complexity index is 459. The van der Waals surface area contributed by atoms with E-state index >= 15 is 0 Å². The van der Waals surface area contributed by atoms with Crippen molar-refractivity contribution in [1.82, 2.24) is 0 Å². The van der Waals surface area contributed by atoms with Crippen molar-refractivity contribution in [3.05, 3.63) is 33.9 Å². The quantitative estimate of drug-likeness (QED) is 0.486. The van der Waals surface area contributed by atoms with E-state index in [0.29, 0.717) is 10.8 Å². The molecule has 0 fully saturated rings. The van der Waals surface area contributed by atoms with Crippen molar-refractivity contribution < 1.29 is 14.8 Å². The summed E-state index contributed by atoms with van der Waals surface area (Å²) < 4.78 is 0. The SMILES string of the molecule is CC(C)CCSc1ccc([N+](=O)[O-])cc1C(=O)O. The lowest BCUT2D eigenvalue weighted by atomic mass is 10.2. The van der Waals surface area contributed by atoms with Crippen LogP contribution in [0.15, 0.2) is 23.1 Å². The third-order valence-corrected chi connectivity index (χ3v) is 3.46. The number of hydrogen-bond acceptors (Lipinski definition) is 4. The van der Waals surface area contributed by atoms with E-state index in [1.165, 1.54) is 23.9 Å². The number of rotatable bonds is 6. The number of non-ortho nitro benzene ring substituents is 1. The van der Waals surface area contributed by atoms with Gasteiger partial charge in [0, 0.05) is 17.0 Å². The van der Waals surface area contributed by atoms with Gasteiger partial charge in [0.2, 0.25) is 0 Å². The van der Waals surface area contributed by atoms with Gasteiger partial charge in [-0.25, -0.2) is 4.79 Å². The van der Waals surface area contributed by atoms with Crippen molar-refractivity contribution in [3.8, 4) is 0 Å². The molecule has 0 aliphatic carbocycles. The predicted molar refractivity (Wildman–Crippen MR) is 70.2 cm³/mol. The third-order valence-electron chi connectivity index (χ3n) is 2.36. The number of nitrogens with zero attached hydrogens (tertiary/aromatic N) is 1. The molecule has 0 saturated carbocycles. The highest BCUT2D eigenvalue weighted by atomic mass is 32.2. The van der Waals surface area contributed by atoms with Crippen LogP contribution in [0.5, 0.6) is 0 Å². The lowest BCUT2D eigenvalue weighted by Crippen LogP contribution is -2.01. The fourth-order valence-electron chi connectivity index (χ4n) is 1.33. The van der Waals surface area contributed by atoms with Crippen LogP contribution in [0.3, 0.4) is 0 Å². The Kier molecular flexibility index (Phi) is 5.15. The zero-order chi connectivity index (χ0) is 13.7. The molecular formula is C12H15NO4S. The Morgan fingerprint density at radius 3 is 2.67 bits per heavy atom. The number of nitro groups is 1. The van der Waals surface area contributed by atoms with Crippen LogP contribution in [-0.2, 0) is 0 Å². The Labute approximate surface area is 109 Å². The fraction of sp³-hybridized carbons (Fsp3) is 0.417. The lowest BCUT2D eigenvalue weighted by molar-refractivity contribution is -0.384. The standard InChI is InChI=1S/C12H15NO4S/c1-8(2)5-6-18-11-4-3-9(13(16)17)7-10(11)12(14)15/h3-4,7-8H,5-6H2,1-2H3,(H,14,15). The molecule has 0 saturated heterocycles. The summed E-state index contributed by atoms with van der Waals surface area (Å²) in [5.74, 6) is 0.213. The van der Waals surface area contributed by atoms with E-state index in [-0.39, 0.29) is 11.3 Å². The Morgan fingerprint density at radius 2 is 2.17 bits per heavy atom. The Balaban J connectivity index is 2.90.